The molecule has 1 saturated heterocycles. The molecule has 0 radical (unpaired) electrons. The molecule has 2 amide bonds. The first-order valence-electron chi connectivity index (χ1n) is 12.0. The number of amides is 2. The number of carbonyl (C=O) groups excluding carboxylic acids is 2. The van der Waals surface area contributed by atoms with Gasteiger partial charge in [0.1, 0.15) is 11.7 Å². The zero-order valence-electron chi connectivity index (χ0n) is 20.6. The van der Waals surface area contributed by atoms with Gasteiger partial charge in [-0.15, -0.1) is 0 Å². The lowest BCUT2D eigenvalue weighted by Gasteiger charge is -2.36. The molecule has 10 nitrogen and oxygen atoms in total. The lowest BCUT2D eigenvalue weighted by molar-refractivity contribution is -0.252. The van der Waals surface area contributed by atoms with Gasteiger partial charge in [-0.2, -0.15) is 0 Å². The molecular weight excluding hydrogens is 535 g/mol. The smallest absolute Gasteiger partial charge is 0.325 e. The fourth-order valence-electron chi connectivity index (χ4n) is 4.03. The van der Waals surface area contributed by atoms with Gasteiger partial charge in [-0.3, -0.25) is 4.79 Å². The van der Waals surface area contributed by atoms with Crippen molar-refractivity contribution in [1.82, 2.24) is 14.9 Å². The molecule has 0 spiro atoms. The number of hydrogen-bond acceptors (Lipinski definition) is 7. The van der Waals surface area contributed by atoms with E-state index < -0.39 is 18.3 Å². The van der Waals surface area contributed by atoms with Crippen molar-refractivity contribution in [3.05, 3.63) is 81.9 Å². The van der Waals surface area contributed by atoms with Crippen molar-refractivity contribution < 1.29 is 28.9 Å². The molecule has 1 aliphatic heterocycles. The van der Waals surface area contributed by atoms with Crippen molar-refractivity contribution in [2.45, 2.75) is 45.0 Å². The summed E-state index contributed by atoms with van der Waals surface area (Å²) in [6.07, 6.45) is 0.730. The van der Waals surface area contributed by atoms with Gasteiger partial charge >= 0.3 is 12.0 Å². The van der Waals surface area contributed by atoms with E-state index in [0.717, 1.165) is 11.1 Å². The summed E-state index contributed by atoms with van der Waals surface area (Å²) < 4.78 is 19.2. The molecule has 38 heavy (non-hydrogen) atoms. The molecular formula is C26H28Cl2N4O6. The van der Waals surface area contributed by atoms with Crippen LogP contribution in [0.4, 0.5) is 10.5 Å². The molecule has 4 rings (SSSR count). The largest absolute Gasteiger partial charge is 0.465 e. The van der Waals surface area contributed by atoms with Gasteiger partial charge < -0.3 is 34.5 Å². The van der Waals surface area contributed by atoms with Crippen LogP contribution in [0.15, 0.2) is 54.9 Å². The number of rotatable bonds is 9. The van der Waals surface area contributed by atoms with E-state index >= 15 is 0 Å². The summed E-state index contributed by atoms with van der Waals surface area (Å²) in [7, 11) is 0. The number of anilines is 1. The number of ether oxygens (including phenoxy) is 3. The first kappa shape index (κ1) is 27.9. The van der Waals surface area contributed by atoms with Crippen LogP contribution in [0.3, 0.4) is 0 Å². The Balaban J connectivity index is 1.51. The summed E-state index contributed by atoms with van der Waals surface area (Å²) in [4.78, 5) is 27.8. The molecule has 0 bridgehead atoms. The van der Waals surface area contributed by atoms with E-state index in [2.05, 4.69) is 15.6 Å². The minimum absolute atomic E-state index is 0.0484. The zero-order valence-corrected chi connectivity index (χ0v) is 22.1. The van der Waals surface area contributed by atoms with Crippen molar-refractivity contribution in [3.8, 4) is 0 Å². The topological polar surface area (TPSA) is 124 Å². The normalized spacial score (nSPS) is 19.1. The van der Waals surface area contributed by atoms with Crippen LogP contribution in [0.5, 0.6) is 0 Å². The molecule has 1 aliphatic rings. The monoisotopic (exact) mass is 562 g/mol. The number of hydrogen-bond donors (Lipinski definition) is 3. The average Bonchev–Trinajstić information content (AvgIpc) is 3.24. The van der Waals surface area contributed by atoms with E-state index in [0.29, 0.717) is 29.4 Å². The van der Waals surface area contributed by atoms with Crippen LogP contribution in [-0.4, -0.2) is 45.9 Å². The average molecular weight is 563 g/mol. The second-order valence-electron chi connectivity index (χ2n) is 8.57. The van der Waals surface area contributed by atoms with E-state index in [1.54, 1.807) is 36.0 Å². The van der Waals surface area contributed by atoms with Crippen LogP contribution in [-0.2, 0) is 32.2 Å². The first-order valence-corrected chi connectivity index (χ1v) is 12.8. The standard InChI is InChI=1S/C26H28Cl2N4O6/c1-2-36-22(34)12-29-26(35)31-19-5-3-4-18(10-19)25-37-20(13-32-15-30-23(27)24(32)28)11-21(38-25)17-8-6-16(14-33)7-9-17/h3-10,15,20-21,25,33H,2,11-14H2,1H3,(H2,29,31,35)/t20-,21+,25+/m0/s1. The van der Waals surface area contributed by atoms with Crippen molar-refractivity contribution in [2.24, 2.45) is 0 Å². The highest BCUT2D eigenvalue weighted by Crippen LogP contribution is 2.39. The molecule has 3 N–H and O–H groups in total. The van der Waals surface area contributed by atoms with E-state index in [1.165, 1.54) is 0 Å². The molecule has 1 fully saturated rings. The third-order valence-corrected chi connectivity index (χ3v) is 6.63. The zero-order chi connectivity index (χ0) is 27.1. The van der Waals surface area contributed by atoms with Gasteiger partial charge in [-0.05, 0) is 30.2 Å². The predicted octanol–water partition coefficient (Wildman–Crippen LogP) is 4.61. The third-order valence-electron chi connectivity index (χ3n) is 5.86. The number of carbonyl (C=O) groups is 2. The number of benzene rings is 2. The van der Waals surface area contributed by atoms with E-state index in [1.807, 2.05) is 30.3 Å². The highest BCUT2D eigenvalue weighted by atomic mass is 35.5. The Bertz CT molecular complexity index is 1250. The molecule has 12 heteroatoms. The van der Waals surface area contributed by atoms with Gasteiger partial charge in [0.05, 0.1) is 38.3 Å². The number of imidazole rings is 1. The van der Waals surface area contributed by atoms with Gasteiger partial charge in [0.2, 0.25) is 0 Å². The maximum Gasteiger partial charge on any atom is 0.325 e. The lowest BCUT2D eigenvalue weighted by atomic mass is 10.00. The summed E-state index contributed by atoms with van der Waals surface area (Å²) in [6, 6.07) is 14.0. The molecule has 3 atom stereocenters. The Morgan fingerprint density at radius 1 is 1.16 bits per heavy atom. The Hall–Kier alpha value is -3.15. The summed E-state index contributed by atoms with van der Waals surface area (Å²) >= 11 is 12.3. The van der Waals surface area contributed by atoms with Crippen molar-refractivity contribution in [2.75, 3.05) is 18.5 Å². The number of aliphatic hydroxyl groups is 1. The van der Waals surface area contributed by atoms with Crippen LogP contribution in [0.25, 0.3) is 0 Å². The maximum absolute atomic E-state index is 12.2. The lowest BCUT2D eigenvalue weighted by Crippen LogP contribution is -2.34. The fourth-order valence-corrected chi connectivity index (χ4v) is 4.34. The van der Waals surface area contributed by atoms with Gasteiger partial charge in [0.15, 0.2) is 11.4 Å². The Labute approximate surface area is 229 Å². The Morgan fingerprint density at radius 2 is 1.95 bits per heavy atom. The molecule has 0 saturated carbocycles. The molecule has 3 aromatic rings. The summed E-state index contributed by atoms with van der Waals surface area (Å²) in [6.45, 7) is 2.04. The van der Waals surface area contributed by atoms with Crippen LogP contribution < -0.4 is 10.6 Å². The Morgan fingerprint density at radius 3 is 2.63 bits per heavy atom. The van der Waals surface area contributed by atoms with Gasteiger partial charge in [0.25, 0.3) is 0 Å². The molecule has 0 unspecified atom stereocenters. The quantitative estimate of drug-likeness (QED) is 0.325. The van der Waals surface area contributed by atoms with Crippen LogP contribution in [0.1, 0.15) is 42.4 Å². The van der Waals surface area contributed by atoms with Crippen LogP contribution >= 0.6 is 23.2 Å². The molecule has 0 aliphatic carbocycles. The second-order valence-corrected chi connectivity index (χ2v) is 9.28. The van der Waals surface area contributed by atoms with E-state index in [9.17, 15) is 14.7 Å². The number of urea groups is 1. The number of esters is 1. The number of nitrogens with one attached hydrogen (secondary N) is 2. The Kier molecular flexibility index (Phi) is 9.59. The molecule has 1 aromatic heterocycles. The SMILES string of the molecule is CCOC(=O)CNC(=O)Nc1cccc([C@@H]2O[C@H](Cn3cnc(Cl)c3Cl)C[C@H](c3ccc(CO)cc3)O2)c1. The number of halogens is 2. The van der Waals surface area contributed by atoms with Crippen molar-refractivity contribution in [3.63, 3.8) is 0 Å². The third kappa shape index (κ3) is 7.24. The summed E-state index contributed by atoms with van der Waals surface area (Å²) in [5.74, 6) is -0.524. The van der Waals surface area contributed by atoms with Gasteiger partial charge in [0, 0.05) is 17.7 Å². The predicted molar refractivity (Wildman–Crippen MR) is 141 cm³/mol. The van der Waals surface area contributed by atoms with Gasteiger partial charge in [-0.25, -0.2) is 9.78 Å². The minimum Gasteiger partial charge on any atom is -0.465 e. The second kappa shape index (κ2) is 13.1. The number of aromatic nitrogens is 2. The van der Waals surface area contributed by atoms with Crippen molar-refractivity contribution >= 4 is 40.9 Å². The highest BCUT2D eigenvalue weighted by molar-refractivity contribution is 6.40. The van der Waals surface area contributed by atoms with E-state index in [4.69, 9.17) is 37.4 Å². The highest BCUT2D eigenvalue weighted by Gasteiger charge is 2.33. The maximum atomic E-state index is 12.2. The van der Waals surface area contributed by atoms with Crippen molar-refractivity contribution in [1.29, 1.82) is 0 Å². The molecule has 2 aromatic carbocycles. The van der Waals surface area contributed by atoms with Crippen LogP contribution in [0, 0.1) is 0 Å². The summed E-state index contributed by atoms with van der Waals surface area (Å²) in [5.41, 5.74) is 2.91. The first-order chi connectivity index (χ1) is 18.4. The summed E-state index contributed by atoms with van der Waals surface area (Å²) in [5, 5.41) is 15.1. The minimum atomic E-state index is -0.751. The number of aliphatic hydroxyl groups excluding tert-OH is 1. The van der Waals surface area contributed by atoms with E-state index in [-0.39, 0.29) is 37.1 Å². The molecule has 2 heterocycles. The fraction of sp³-hybridized carbons (Fsp3) is 0.346. The van der Waals surface area contributed by atoms with Crippen LogP contribution in [0.2, 0.25) is 10.3 Å². The number of nitrogens with zero attached hydrogens (tertiary/aromatic N) is 2. The molecule has 202 valence electrons. The van der Waals surface area contributed by atoms with Gasteiger partial charge in [-0.1, -0.05) is 59.6 Å².